The lowest BCUT2D eigenvalue weighted by atomic mass is 10.1. The van der Waals surface area contributed by atoms with Gasteiger partial charge < -0.3 is 18.9 Å². The molecule has 2 atom stereocenters. The molecule has 0 saturated carbocycles. The summed E-state index contributed by atoms with van der Waals surface area (Å²) in [5.74, 6) is 1.42. The molecular weight excluding hydrogens is 433 g/mol. The van der Waals surface area contributed by atoms with Crippen molar-refractivity contribution < 1.29 is 18.8 Å². The van der Waals surface area contributed by atoms with Gasteiger partial charge in [-0.15, -0.1) is 0 Å². The smallest absolute Gasteiger partial charge is 0.323 e. The van der Waals surface area contributed by atoms with E-state index in [0.29, 0.717) is 19.6 Å². The minimum Gasteiger partial charge on any atom is -0.497 e. The summed E-state index contributed by atoms with van der Waals surface area (Å²) < 4.78 is 19.1. The molecule has 0 aliphatic heterocycles. The largest absolute Gasteiger partial charge is 0.497 e. The van der Waals surface area contributed by atoms with Crippen LogP contribution in [0.15, 0.2) is 24.4 Å². The number of ether oxygens (including phenoxy) is 2. The van der Waals surface area contributed by atoms with Gasteiger partial charge in [-0.25, -0.2) is 5.09 Å². The fraction of sp³-hybridized carbons (Fsp3) is 0.591. The first-order valence-electron chi connectivity index (χ1n) is 10.6. The van der Waals surface area contributed by atoms with E-state index in [4.69, 9.17) is 14.0 Å². The zero-order valence-corrected chi connectivity index (χ0v) is 21.2. The molecule has 0 aliphatic rings. The van der Waals surface area contributed by atoms with Crippen LogP contribution in [0.25, 0.3) is 10.9 Å². The first kappa shape index (κ1) is 25.9. The predicted molar refractivity (Wildman–Crippen MR) is 131 cm³/mol. The van der Waals surface area contributed by atoms with Crippen molar-refractivity contribution in [1.82, 2.24) is 14.3 Å². The second-order valence-corrected chi connectivity index (χ2v) is 9.82. The number of aromatic nitrogens is 1. The molecule has 0 saturated heterocycles. The number of likely N-dealkylation sites (N-methyl/N-ethyl adjacent to an activating group) is 1. The van der Waals surface area contributed by atoms with Crippen molar-refractivity contribution in [2.75, 3.05) is 53.0 Å². The molecule has 1 N–H and O–H groups in total. The van der Waals surface area contributed by atoms with Crippen LogP contribution in [0.2, 0.25) is 0 Å². The Hall–Kier alpha value is -1.31. The van der Waals surface area contributed by atoms with E-state index in [2.05, 4.69) is 40.7 Å². The van der Waals surface area contributed by atoms with Gasteiger partial charge in [0.2, 0.25) is 8.45 Å². The third-order valence-electron chi connectivity index (χ3n) is 4.80. The standard InChI is InChI=1S/C22H36N3O4PS/c1-7-28-22(26)20(12-14-31-6)23-30(29-8-2)25-16-17(11-13-24(3)4)19-10-9-18(27-5)15-21(19)25/h9-10,15-16,20,23H,7-8,11-14H2,1-6H3. The molecule has 0 spiro atoms. The Balaban J connectivity index is 2.44. The average Bonchev–Trinajstić information content (AvgIpc) is 3.12. The fourth-order valence-electron chi connectivity index (χ4n) is 3.21. The molecule has 174 valence electrons. The van der Waals surface area contributed by atoms with Crippen molar-refractivity contribution in [2.45, 2.75) is 32.7 Å². The number of rotatable bonds is 14. The number of methoxy groups -OCH3 is 1. The predicted octanol–water partition coefficient (Wildman–Crippen LogP) is 4.14. The van der Waals surface area contributed by atoms with Crippen molar-refractivity contribution in [3.05, 3.63) is 30.0 Å². The third kappa shape index (κ3) is 7.36. The first-order chi connectivity index (χ1) is 14.9. The molecule has 7 nitrogen and oxygen atoms in total. The van der Waals surface area contributed by atoms with Gasteiger partial charge in [-0.2, -0.15) is 11.8 Å². The van der Waals surface area contributed by atoms with Gasteiger partial charge in [0, 0.05) is 24.2 Å². The van der Waals surface area contributed by atoms with Gasteiger partial charge in [0.15, 0.2) is 0 Å². The zero-order chi connectivity index (χ0) is 22.8. The van der Waals surface area contributed by atoms with E-state index in [-0.39, 0.29) is 5.97 Å². The van der Waals surface area contributed by atoms with Crippen molar-refractivity contribution in [3.63, 3.8) is 0 Å². The molecule has 2 rings (SSSR count). The van der Waals surface area contributed by atoms with E-state index in [1.54, 1.807) is 18.9 Å². The molecule has 1 heterocycles. The molecule has 31 heavy (non-hydrogen) atoms. The monoisotopic (exact) mass is 469 g/mol. The number of esters is 1. The minimum atomic E-state index is -1.29. The normalized spacial score (nSPS) is 13.5. The highest BCUT2D eigenvalue weighted by Crippen LogP contribution is 2.41. The summed E-state index contributed by atoms with van der Waals surface area (Å²) in [6, 6.07) is 5.71. The Morgan fingerprint density at radius 1 is 1.29 bits per heavy atom. The zero-order valence-electron chi connectivity index (χ0n) is 19.5. The quantitative estimate of drug-likeness (QED) is 0.330. The van der Waals surface area contributed by atoms with E-state index >= 15 is 0 Å². The molecule has 0 fully saturated rings. The van der Waals surface area contributed by atoms with E-state index in [0.717, 1.165) is 30.0 Å². The lowest BCUT2D eigenvalue weighted by Gasteiger charge is -2.25. The molecule has 1 aromatic heterocycles. The molecule has 2 unspecified atom stereocenters. The van der Waals surface area contributed by atoms with Crippen molar-refractivity contribution in [3.8, 4) is 5.75 Å². The van der Waals surface area contributed by atoms with Crippen LogP contribution in [-0.2, 0) is 20.5 Å². The molecule has 0 bridgehead atoms. The van der Waals surface area contributed by atoms with Crippen LogP contribution in [-0.4, -0.2) is 74.2 Å². The summed E-state index contributed by atoms with van der Waals surface area (Å²) in [5, 5.41) is 4.64. The van der Waals surface area contributed by atoms with E-state index < -0.39 is 14.5 Å². The number of hydrogen-bond donors (Lipinski definition) is 1. The number of hydrogen-bond acceptors (Lipinski definition) is 7. The maximum atomic E-state index is 12.6. The number of nitrogens with one attached hydrogen (secondary N) is 1. The molecule has 0 amide bonds. The number of benzene rings is 1. The highest BCUT2D eigenvalue weighted by atomic mass is 32.2. The SMILES string of the molecule is CCOC(=O)C(CCSC)NP(OCC)n1cc(CCN(C)C)c2ccc(OC)cc21. The lowest BCUT2D eigenvalue weighted by Crippen LogP contribution is -2.37. The van der Waals surface area contributed by atoms with Gasteiger partial charge in [-0.1, -0.05) is 0 Å². The van der Waals surface area contributed by atoms with Gasteiger partial charge in [-0.05, 0) is 70.5 Å². The Bertz CT molecular complexity index is 830. The van der Waals surface area contributed by atoms with Gasteiger partial charge in [0.25, 0.3) is 0 Å². The van der Waals surface area contributed by atoms with Gasteiger partial charge in [0.05, 0.1) is 25.8 Å². The summed E-state index contributed by atoms with van der Waals surface area (Å²) in [4.78, 5) is 14.8. The van der Waals surface area contributed by atoms with Gasteiger partial charge in [0.1, 0.15) is 11.8 Å². The summed E-state index contributed by atoms with van der Waals surface area (Å²) in [7, 11) is 4.53. The van der Waals surface area contributed by atoms with Gasteiger partial charge in [-0.3, -0.25) is 9.13 Å². The Morgan fingerprint density at radius 3 is 2.68 bits per heavy atom. The van der Waals surface area contributed by atoms with Crippen LogP contribution < -0.4 is 9.82 Å². The maximum absolute atomic E-state index is 12.6. The summed E-state index contributed by atoms with van der Waals surface area (Å²) in [6.45, 7) is 5.65. The minimum absolute atomic E-state index is 0.231. The molecule has 2 aromatic rings. The maximum Gasteiger partial charge on any atom is 0.323 e. The van der Waals surface area contributed by atoms with Gasteiger partial charge >= 0.3 is 5.97 Å². The van der Waals surface area contributed by atoms with Crippen molar-refractivity contribution in [1.29, 1.82) is 0 Å². The number of carbonyl (C=O) groups is 1. The van der Waals surface area contributed by atoms with Crippen LogP contribution in [0.1, 0.15) is 25.8 Å². The molecule has 0 aliphatic carbocycles. The van der Waals surface area contributed by atoms with E-state index in [1.165, 1.54) is 10.9 Å². The summed E-state index contributed by atoms with van der Waals surface area (Å²) in [6.07, 6.45) is 5.79. The van der Waals surface area contributed by atoms with E-state index in [1.807, 2.05) is 32.2 Å². The van der Waals surface area contributed by atoms with Crippen LogP contribution in [0.4, 0.5) is 0 Å². The molecule has 9 heteroatoms. The Kier molecular flexibility index (Phi) is 11.1. The molecule has 0 radical (unpaired) electrons. The number of thioether (sulfide) groups is 1. The summed E-state index contributed by atoms with van der Waals surface area (Å²) >= 11 is 1.71. The van der Waals surface area contributed by atoms with Crippen molar-refractivity contribution >= 4 is 37.1 Å². The third-order valence-corrected chi connectivity index (χ3v) is 7.20. The van der Waals surface area contributed by atoms with Crippen LogP contribution in [0, 0.1) is 0 Å². The first-order valence-corrected chi connectivity index (χ1v) is 13.2. The van der Waals surface area contributed by atoms with Crippen molar-refractivity contribution in [2.24, 2.45) is 0 Å². The number of nitrogens with zero attached hydrogens (tertiary/aromatic N) is 2. The van der Waals surface area contributed by atoms with Crippen LogP contribution in [0.3, 0.4) is 0 Å². The second kappa shape index (κ2) is 13.3. The van der Waals surface area contributed by atoms with Crippen LogP contribution in [0.5, 0.6) is 5.75 Å². The Labute approximate surface area is 191 Å². The molecule has 1 aromatic carbocycles. The Morgan fingerprint density at radius 2 is 2.06 bits per heavy atom. The topological polar surface area (TPSA) is 65.0 Å². The highest BCUT2D eigenvalue weighted by molar-refractivity contribution is 7.98. The second-order valence-electron chi connectivity index (χ2n) is 7.34. The lowest BCUT2D eigenvalue weighted by molar-refractivity contribution is -0.145. The van der Waals surface area contributed by atoms with E-state index in [9.17, 15) is 4.79 Å². The summed E-state index contributed by atoms with van der Waals surface area (Å²) in [5.41, 5.74) is 2.28. The number of fused-ring (bicyclic) bond motifs is 1. The van der Waals surface area contributed by atoms with Crippen LogP contribution >= 0.6 is 20.2 Å². The fourth-order valence-corrected chi connectivity index (χ4v) is 5.36. The number of carbonyl (C=O) groups excluding carboxylic acids is 1. The average molecular weight is 470 g/mol. The molecular formula is C22H36N3O4PS. The highest BCUT2D eigenvalue weighted by Gasteiger charge is 2.26.